The van der Waals surface area contributed by atoms with Gasteiger partial charge in [0.1, 0.15) is 0 Å². The molecule has 0 aliphatic carbocycles. The summed E-state index contributed by atoms with van der Waals surface area (Å²) >= 11 is 3.54. The zero-order valence-electron chi connectivity index (χ0n) is 13.0. The van der Waals surface area contributed by atoms with E-state index in [2.05, 4.69) is 46.8 Å². The Kier molecular flexibility index (Phi) is 4.84. The molecule has 0 radical (unpaired) electrons. The minimum atomic E-state index is 0.0276. The van der Waals surface area contributed by atoms with E-state index in [1.54, 1.807) is 0 Å². The number of nitrogens with zero attached hydrogens (tertiary/aromatic N) is 2. The molecule has 5 heteroatoms. The molecular weight excluding hydrogens is 330 g/mol. The van der Waals surface area contributed by atoms with Gasteiger partial charge in [-0.15, -0.1) is 0 Å². The van der Waals surface area contributed by atoms with Gasteiger partial charge in [0, 0.05) is 22.5 Å². The zero-order chi connectivity index (χ0) is 15.6. The van der Waals surface area contributed by atoms with Crippen molar-refractivity contribution in [1.82, 2.24) is 10.1 Å². The maximum atomic E-state index is 6.15. The van der Waals surface area contributed by atoms with Gasteiger partial charge < -0.3 is 10.3 Å². The van der Waals surface area contributed by atoms with E-state index in [1.165, 1.54) is 5.56 Å². The Morgan fingerprint density at radius 2 is 2.05 bits per heavy atom. The number of aromatic nitrogens is 2. The van der Waals surface area contributed by atoms with Gasteiger partial charge in [0.15, 0.2) is 0 Å². The summed E-state index contributed by atoms with van der Waals surface area (Å²) in [5, 5.41) is 4.05. The van der Waals surface area contributed by atoms with Crippen molar-refractivity contribution in [3.05, 3.63) is 34.1 Å². The predicted octanol–water partition coefficient (Wildman–Crippen LogP) is 4.11. The third kappa shape index (κ3) is 4.64. The summed E-state index contributed by atoms with van der Waals surface area (Å²) in [4.78, 5) is 4.45. The zero-order valence-corrected chi connectivity index (χ0v) is 14.6. The Labute approximate surface area is 134 Å². The van der Waals surface area contributed by atoms with Crippen molar-refractivity contribution >= 4 is 15.9 Å². The molecule has 0 fully saturated rings. The third-order valence-corrected chi connectivity index (χ3v) is 3.80. The Hall–Kier alpha value is -1.20. The highest BCUT2D eigenvalue weighted by Crippen LogP contribution is 2.27. The molecule has 2 rings (SSSR count). The molecule has 1 aromatic heterocycles. The number of halogens is 1. The first-order chi connectivity index (χ1) is 9.74. The van der Waals surface area contributed by atoms with Crippen LogP contribution < -0.4 is 5.73 Å². The summed E-state index contributed by atoms with van der Waals surface area (Å²) in [7, 11) is 0. The number of hydrogen-bond donors (Lipinski definition) is 1. The highest BCUT2D eigenvalue weighted by Gasteiger charge is 2.19. The molecule has 0 amide bonds. The van der Waals surface area contributed by atoms with E-state index < -0.39 is 0 Å². The Balaban J connectivity index is 2.11. The van der Waals surface area contributed by atoms with Gasteiger partial charge in [-0.05, 0) is 36.5 Å². The normalized spacial score (nSPS) is 13.4. The van der Waals surface area contributed by atoms with Crippen molar-refractivity contribution < 1.29 is 4.52 Å². The first kappa shape index (κ1) is 16.2. The molecule has 2 N–H and O–H groups in total. The van der Waals surface area contributed by atoms with E-state index in [4.69, 9.17) is 10.3 Å². The fraction of sp³-hybridized carbons (Fsp3) is 0.500. The lowest BCUT2D eigenvalue weighted by atomic mass is 9.87. The van der Waals surface area contributed by atoms with Crippen molar-refractivity contribution in [2.45, 2.75) is 46.6 Å². The standard InChI is InChI=1S/C16H22BrN3O/c1-10-5-6-12(13(17)7-10)15-19-14(21-20-15)8-11(18)9-16(2,3)4/h5-7,11H,8-9,18H2,1-4H3. The van der Waals surface area contributed by atoms with E-state index >= 15 is 0 Å². The van der Waals surface area contributed by atoms with Crippen molar-refractivity contribution in [3.8, 4) is 11.4 Å². The number of aryl methyl sites for hydroxylation is 1. The summed E-state index contributed by atoms with van der Waals surface area (Å²) in [5.74, 6) is 1.19. The SMILES string of the molecule is Cc1ccc(-c2noc(CC(N)CC(C)(C)C)n2)c(Br)c1. The fourth-order valence-electron chi connectivity index (χ4n) is 2.33. The molecule has 0 aliphatic heterocycles. The molecule has 1 heterocycles. The average Bonchev–Trinajstić information content (AvgIpc) is 2.74. The van der Waals surface area contributed by atoms with Crippen molar-refractivity contribution in [2.75, 3.05) is 0 Å². The van der Waals surface area contributed by atoms with Gasteiger partial charge in [-0.25, -0.2) is 0 Å². The van der Waals surface area contributed by atoms with Crippen LogP contribution in [0.4, 0.5) is 0 Å². The van der Waals surface area contributed by atoms with Gasteiger partial charge in [0.25, 0.3) is 0 Å². The largest absolute Gasteiger partial charge is 0.339 e. The van der Waals surface area contributed by atoms with Crippen molar-refractivity contribution in [2.24, 2.45) is 11.1 Å². The first-order valence-electron chi connectivity index (χ1n) is 7.09. The van der Waals surface area contributed by atoms with Gasteiger partial charge in [-0.2, -0.15) is 4.98 Å². The molecule has 0 bridgehead atoms. The molecule has 1 aromatic carbocycles. The van der Waals surface area contributed by atoms with Gasteiger partial charge in [0.05, 0.1) is 0 Å². The summed E-state index contributed by atoms with van der Waals surface area (Å²) < 4.78 is 6.29. The maximum Gasteiger partial charge on any atom is 0.228 e. The van der Waals surface area contributed by atoms with Crippen LogP contribution in [0.5, 0.6) is 0 Å². The van der Waals surface area contributed by atoms with E-state index in [-0.39, 0.29) is 11.5 Å². The van der Waals surface area contributed by atoms with Crippen LogP contribution in [0, 0.1) is 12.3 Å². The first-order valence-corrected chi connectivity index (χ1v) is 7.88. The maximum absolute atomic E-state index is 6.15. The topological polar surface area (TPSA) is 64.9 Å². The Bertz CT molecular complexity index is 616. The van der Waals surface area contributed by atoms with Crippen LogP contribution in [-0.4, -0.2) is 16.2 Å². The minimum Gasteiger partial charge on any atom is -0.339 e. The van der Waals surface area contributed by atoms with Crippen LogP contribution in [0.2, 0.25) is 0 Å². The van der Waals surface area contributed by atoms with Crippen LogP contribution in [0.25, 0.3) is 11.4 Å². The third-order valence-electron chi connectivity index (χ3n) is 3.14. The van der Waals surface area contributed by atoms with Crippen LogP contribution in [0.1, 0.15) is 38.6 Å². The molecule has 114 valence electrons. The predicted molar refractivity (Wildman–Crippen MR) is 87.9 cm³/mol. The second-order valence-electron chi connectivity index (χ2n) is 6.72. The number of nitrogens with two attached hydrogens (primary N) is 1. The van der Waals surface area contributed by atoms with E-state index in [1.807, 2.05) is 25.1 Å². The number of hydrogen-bond acceptors (Lipinski definition) is 4. The molecule has 0 spiro atoms. The summed E-state index contributed by atoms with van der Waals surface area (Å²) in [6.45, 7) is 8.57. The van der Waals surface area contributed by atoms with Crippen molar-refractivity contribution in [3.63, 3.8) is 0 Å². The molecule has 2 aromatic rings. The van der Waals surface area contributed by atoms with Gasteiger partial charge in [0.2, 0.25) is 11.7 Å². The lowest BCUT2D eigenvalue weighted by Gasteiger charge is -2.21. The Morgan fingerprint density at radius 3 is 2.67 bits per heavy atom. The fourth-order valence-corrected chi connectivity index (χ4v) is 3.00. The lowest BCUT2D eigenvalue weighted by molar-refractivity contribution is 0.313. The van der Waals surface area contributed by atoms with E-state index in [0.717, 1.165) is 16.5 Å². The molecular formula is C16H22BrN3O. The molecule has 0 saturated carbocycles. The van der Waals surface area contributed by atoms with Crippen LogP contribution >= 0.6 is 15.9 Å². The van der Waals surface area contributed by atoms with Gasteiger partial charge in [-0.1, -0.05) is 47.9 Å². The molecule has 21 heavy (non-hydrogen) atoms. The molecule has 0 aliphatic rings. The van der Waals surface area contributed by atoms with Crippen LogP contribution in [0.3, 0.4) is 0 Å². The monoisotopic (exact) mass is 351 g/mol. The van der Waals surface area contributed by atoms with Gasteiger partial charge in [-0.3, -0.25) is 0 Å². The molecule has 1 unspecified atom stereocenters. The van der Waals surface area contributed by atoms with E-state index in [0.29, 0.717) is 18.1 Å². The second-order valence-corrected chi connectivity index (χ2v) is 7.58. The minimum absolute atomic E-state index is 0.0276. The molecule has 1 atom stereocenters. The molecule has 0 saturated heterocycles. The average molecular weight is 352 g/mol. The highest BCUT2D eigenvalue weighted by molar-refractivity contribution is 9.10. The highest BCUT2D eigenvalue weighted by atomic mass is 79.9. The van der Waals surface area contributed by atoms with Crippen LogP contribution in [-0.2, 0) is 6.42 Å². The van der Waals surface area contributed by atoms with E-state index in [9.17, 15) is 0 Å². The Morgan fingerprint density at radius 1 is 1.33 bits per heavy atom. The number of benzene rings is 1. The summed E-state index contributed by atoms with van der Waals surface area (Å²) in [6, 6.07) is 6.08. The smallest absolute Gasteiger partial charge is 0.228 e. The lowest BCUT2D eigenvalue weighted by Crippen LogP contribution is -2.28. The quantitative estimate of drug-likeness (QED) is 0.899. The van der Waals surface area contributed by atoms with Crippen molar-refractivity contribution in [1.29, 1.82) is 0 Å². The number of rotatable bonds is 4. The van der Waals surface area contributed by atoms with Crippen LogP contribution in [0.15, 0.2) is 27.2 Å². The molecule has 4 nitrogen and oxygen atoms in total. The summed E-state index contributed by atoms with van der Waals surface area (Å²) in [5.41, 5.74) is 8.46. The van der Waals surface area contributed by atoms with Gasteiger partial charge >= 0.3 is 0 Å². The second kappa shape index (κ2) is 6.28. The summed E-state index contributed by atoms with van der Waals surface area (Å²) in [6.07, 6.45) is 1.52.